The molecule has 0 saturated carbocycles. The quantitative estimate of drug-likeness (QED) is 0.814. The minimum Gasteiger partial charge on any atom is -0.324 e. The lowest BCUT2D eigenvalue weighted by Crippen LogP contribution is -2.55. The van der Waals surface area contributed by atoms with Gasteiger partial charge in [0, 0.05) is 25.2 Å². The fourth-order valence-corrected chi connectivity index (χ4v) is 3.40. The number of likely N-dealkylation sites (tertiary alicyclic amines) is 1. The van der Waals surface area contributed by atoms with Gasteiger partial charge in [-0.25, -0.2) is 0 Å². The molecule has 0 amide bonds. The van der Waals surface area contributed by atoms with Crippen molar-refractivity contribution >= 4 is 7.85 Å². The molecule has 21 heavy (non-hydrogen) atoms. The molecule has 0 aliphatic carbocycles. The summed E-state index contributed by atoms with van der Waals surface area (Å²) in [6.45, 7) is 12.1. The van der Waals surface area contributed by atoms with Crippen molar-refractivity contribution in [2.24, 2.45) is 11.7 Å². The van der Waals surface area contributed by atoms with Crippen LogP contribution >= 0.6 is 0 Å². The topological polar surface area (TPSA) is 29.3 Å². The number of rotatable bonds is 6. The van der Waals surface area contributed by atoms with Gasteiger partial charge in [0.25, 0.3) is 0 Å². The van der Waals surface area contributed by atoms with Crippen LogP contribution in [0.1, 0.15) is 36.1 Å². The second-order valence-electron chi connectivity index (χ2n) is 7.43. The summed E-state index contributed by atoms with van der Waals surface area (Å²) in [4.78, 5) is 2.47. The van der Waals surface area contributed by atoms with Crippen LogP contribution in [0.5, 0.6) is 0 Å². The Morgan fingerprint density at radius 2 is 1.76 bits per heavy atom. The van der Waals surface area contributed by atoms with Gasteiger partial charge in [-0.05, 0) is 68.7 Å². The summed E-state index contributed by atoms with van der Waals surface area (Å²) in [5.41, 5.74) is 11.8. The van der Waals surface area contributed by atoms with E-state index in [1.165, 1.54) is 41.8 Å². The van der Waals surface area contributed by atoms with Crippen LogP contribution in [0.4, 0.5) is 0 Å². The van der Waals surface area contributed by atoms with Gasteiger partial charge in [0.2, 0.25) is 0 Å². The van der Waals surface area contributed by atoms with E-state index in [2.05, 4.69) is 44.7 Å². The Hall–Kier alpha value is -0.795. The Morgan fingerprint density at radius 1 is 1.19 bits per heavy atom. The number of nitrogens with zero attached hydrogens (tertiary/aromatic N) is 1. The minimum absolute atomic E-state index is 0.0820. The predicted molar refractivity (Wildman–Crippen MR) is 92.1 cm³/mol. The predicted octanol–water partition coefficient (Wildman–Crippen LogP) is 2.64. The molecule has 1 aromatic rings. The molecule has 1 fully saturated rings. The van der Waals surface area contributed by atoms with E-state index in [0.29, 0.717) is 0 Å². The maximum atomic E-state index is 6.08. The summed E-state index contributed by atoms with van der Waals surface area (Å²) in [5, 5.41) is 0. The van der Waals surface area contributed by atoms with Gasteiger partial charge >= 0.3 is 0 Å². The molecule has 2 rings (SSSR count). The van der Waals surface area contributed by atoms with Crippen LogP contribution in [0.15, 0.2) is 12.1 Å². The minimum atomic E-state index is -0.0820. The van der Waals surface area contributed by atoms with Crippen molar-refractivity contribution in [2.45, 2.75) is 52.4 Å². The molecule has 1 aliphatic heterocycles. The third-order valence-electron chi connectivity index (χ3n) is 4.60. The average molecular weight is 284 g/mol. The van der Waals surface area contributed by atoms with Gasteiger partial charge in [-0.15, -0.1) is 0 Å². The zero-order valence-corrected chi connectivity index (χ0v) is 14.1. The third-order valence-corrected chi connectivity index (χ3v) is 4.60. The van der Waals surface area contributed by atoms with Crippen molar-refractivity contribution in [1.82, 2.24) is 4.90 Å². The van der Waals surface area contributed by atoms with Gasteiger partial charge < -0.3 is 10.6 Å². The average Bonchev–Trinajstić information content (AvgIpc) is 2.34. The van der Waals surface area contributed by atoms with Crippen LogP contribution in [0.25, 0.3) is 0 Å². The normalized spacial score (nSPS) is 17.0. The molecule has 0 aromatic heterocycles. The standard InChI is InChI=1S/C18H29BN2/c1-13-14(2)17(6-5-16(13)7-8-19)9-15-10-21(11-15)12-18(3,4)20/h5-6,15H,7-12,20H2,1-4H3. The van der Waals surface area contributed by atoms with E-state index in [9.17, 15) is 0 Å². The van der Waals surface area contributed by atoms with E-state index in [1.54, 1.807) is 0 Å². The lowest BCUT2D eigenvalue weighted by molar-refractivity contribution is 0.0802. The van der Waals surface area contributed by atoms with Crippen molar-refractivity contribution in [3.63, 3.8) is 0 Å². The van der Waals surface area contributed by atoms with Gasteiger partial charge in [-0.1, -0.05) is 18.5 Å². The second-order valence-corrected chi connectivity index (χ2v) is 7.43. The van der Waals surface area contributed by atoms with E-state index in [0.717, 1.165) is 25.2 Å². The highest BCUT2D eigenvalue weighted by molar-refractivity contribution is 6.08. The molecule has 1 aromatic carbocycles. The fraction of sp³-hybridized carbons (Fsp3) is 0.667. The van der Waals surface area contributed by atoms with Crippen molar-refractivity contribution < 1.29 is 0 Å². The molecule has 0 spiro atoms. The summed E-state index contributed by atoms with van der Waals surface area (Å²) < 4.78 is 0. The van der Waals surface area contributed by atoms with Gasteiger partial charge in [0.05, 0.1) is 7.85 Å². The van der Waals surface area contributed by atoms with Gasteiger partial charge in [0.15, 0.2) is 0 Å². The maximum absolute atomic E-state index is 6.08. The largest absolute Gasteiger partial charge is 0.324 e. The van der Waals surface area contributed by atoms with Crippen LogP contribution in [0.2, 0.25) is 6.32 Å². The van der Waals surface area contributed by atoms with Crippen molar-refractivity contribution in [3.8, 4) is 0 Å². The molecule has 2 N–H and O–H groups in total. The molecule has 0 atom stereocenters. The first-order valence-electron chi connectivity index (χ1n) is 8.09. The molecule has 3 heteroatoms. The first-order valence-corrected chi connectivity index (χ1v) is 8.09. The summed E-state index contributed by atoms with van der Waals surface area (Å²) in [6.07, 6.45) is 2.90. The summed E-state index contributed by atoms with van der Waals surface area (Å²) in [5.74, 6) is 0.783. The molecular formula is C18H29BN2. The van der Waals surface area contributed by atoms with E-state index in [-0.39, 0.29) is 5.54 Å². The van der Waals surface area contributed by atoms with Crippen LogP contribution in [-0.4, -0.2) is 37.9 Å². The first kappa shape index (κ1) is 16.6. The molecule has 114 valence electrons. The van der Waals surface area contributed by atoms with E-state index >= 15 is 0 Å². The number of nitrogens with two attached hydrogens (primary N) is 1. The van der Waals surface area contributed by atoms with Gasteiger partial charge in [-0.2, -0.15) is 0 Å². The number of aryl methyl sites for hydroxylation is 1. The highest BCUT2D eigenvalue weighted by atomic mass is 15.2. The number of hydrogen-bond donors (Lipinski definition) is 1. The van der Waals surface area contributed by atoms with E-state index in [4.69, 9.17) is 13.6 Å². The SMILES string of the molecule is [B]CCc1ccc(CC2CN(CC(C)(C)N)C2)c(C)c1C. The van der Waals surface area contributed by atoms with Crippen molar-refractivity contribution in [2.75, 3.05) is 19.6 Å². The Balaban J connectivity index is 1.92. The number of hydrogen-bond acceptors (Lipinski definition) is 2. The summed E-state index contributed by atoms with van der Waals surface area (Å²) in [6, 6.07) is 4.58. The summed E-state index contributed by atoms with van der Waals surface area (Å²) >= 11 is 0. The third kappa shape index (κ3) is 4.34. The Kier molecular flexibility index (Phi) is 5.16. The second kappa shape index (κ2) is 6.54. The molecule has 0 unspecified atom stereocenters. The molecular weight excluding hydrogens is 255 g/mol. The smallest absolute Gasteiger partial charge is 0.0657 e. The molecule has 1 heterocycles. The molecule has 1 aliphatic rings. The van der Waals surface area contributed by atoms with E-state index < -0.39 is 0 Å². The Bertz CT molecular complexity index is 485. The monoisotopic (exact) mass is 284 g/mol. The zero-order valence-electron chi connectivity index (χ0n) is 14.1. The molecule has 0 bridgehead atoms. The zero-order chi connectivity index (χ0) is 15.6. The lowest BCUT2D eigenvalue weighted by Gasteiger charge is -2.42. The van der Waals surface area contributed by atoms with Gasteiger partial charge in [0.1, 0.15) is 0 Å². The van der Waals surface area contributed by atoms with Crippen molar-refractivity contribution in [3.05, 3.63) is 34.4 Å². The number of benzene rings is 1. The Labute approximate surface area is 131 Å². The highest BCUT2D eigenvalue weighted by Crippen LogP contribution is 2.26. The fourth-order valence-electron chi connectivity index (χ4n) is 3.40. The first-order chi connectivity index (χ1) is 9.80. The van der Waals surface area contributed by atoms with Crippen LogP contribution in [0.3, 0.4) is 0 Å². The summed E-state index contributed by atoms with van der Waals surface area (Å²) in [7, 11) is 5.68. The molecule has 2 nitrogen and oxygen atoms in total. The van der Waals surface area contributed by atoms with Crippen LogP contribution in [0, 0.1) is 19.8 Å². The van der Waals surface area contributed by atoms with Crippen LogP contribution in [-0.2, 0) is 12.8 Å². The van der Waals surface area contributed by atoms with E-state index in [1.807, 2.05) is 0 Å². The van der Waals surface area contributed by atoms with Crippen molar-refractivity contribution in [1.29, 1.82) is 0 Å². The lowest BCUT2D eigenvalue weighted by atomic mass is 9.85. The molecule has 2 radical (unpaired) electrons. The Morgan fingerprint density at radius 3 is 2.33 bits per heavy atom. The highest BCUT2D eigenvalue weighted by Gasteiger charge is 2.30. The van der Waals surface area contributed by atoms with Crippen LogP contribution < -0.4 is 5.73 Å². The van der Waals surface area contributed by atoms with Gasteiger partial charge in [-0.3, -0.25) is 0 Å². The molecule has 1 saturated heterocycles. The maximum Gasteiger partial charge on any atom is 0.0657 e.